The first kappa shape index (κ1) is 17.1. The van der Waals surface area contributed by atoms with E-state index >= 15 is 0 Å². The number of rotatable bonds is 7. The van der Waals surface area contributed by atoms with E-state index in [-0.39, 0.29) is 11.3 Å². The lowest BCUT2D eigenvalue weighted by Crippen LogP contribution is -2.34. The molecule has 0 radical (unpaired) electrons. The summed E-state index contributed by atoms with van der Waals surface area (Å²) in [7, 11) is 0. The van der Waals surface area contributed by atoms with Gasteiger partial charge in [-0.2, -0.15) is 0 Å². The molecule has 1 nitrogen and oxygen atoms in total. The zero-order chi connectivity index (χ0) is 15.3. The normalized spacial score (nSPS) is 23.6. The molecule has 0 saturated heterocycles. The van der Waals surface area contributed by atoms with Crippen molar-refractivity contribution >= 4 is 0 Å². The summed E-state index contributed by atoms with van der Waals surface area (Å²) in [5.74, 6) is -2.26. The minimum absolute atomic E-state index is 0.355. The molecular weight excluding hydrogens is 270 g/mol. The third kappa shape index (κ3) is 3.55. The molecule has 0 aromatic rings. The lowest BCUT2D eigenvalue weighted by molar-refractivity contribution is 0.175. The van der Waals surface area contributed by atoms with E-state index in [1.807, 2.05) is 13.8 Å². The fourth-order valence-electron chi connectivity index (χ4n) is 2.21. The quantitative estimate of drug-likeness (QED) is 0.597. The second kappa shape index (κ2) is 7.70. The Kier molecular flexibility index (Phi) is 6.56. The van der Waals surface area contributed by atoms with E-state index in [2.05, 4.69) is 0 Å². The minimum atomic E-state index is -2.39. The standard InChI is InChI=1S/C15H23F4N/c1-4-6-8-20(9-7-5-2)15-12(17)10(3)11(16)13(18)14(15)19/h11,13H,4-9H2,1-3H3. The highest BCUT2D eigenvalue weighted by Gasteiger charge is 2.39. The van der Waals surface area contributed by atoms with Gasteiger partial charge in [-0.25, -0.2) is 17.6 Å². The van der Waals surface area contributed by atoms with Gasteiger partial charge in [0.05, 0.1) is 0 Å². The van der Waals surface area contributed by atoms with Crippen LogP contribution in [0.2, 0.25) is 0 Å². The molecule has 0 N–H and O–H groups in total. The van der Waals surface area contributed by atoms with Crippen LogP contribution < -0.4 is 0 Å². The Hall–Kier alpha value is -1.00. The molecule has 0 spiro atoms. The number of hydrogen-bond donors (Lipinski definition) is 0. The predicted octanol–water partition coefficient (Wildman–Crippen LogP) is 5.00. The molecular formula is C15H23F4N. The van der Waals surface area contributed by atoms with Gasteiger partial charge in [-0.15, -0.1) is 0 Å². The third-order valence-corrected chi connectivity index (χ3v) is 3.57. The Morgan fingerprint density at radius 2 is 1.45 bits per heavy atom. The topological polar surface area (TPSA) is 3.24 Å². The maximum Gasteiger partial charge on any atom is 0.188 e. The summed E-state index contributed by atoms with van der Waals surface area (Å²) in [6.45, 7) is 6.01. The van der Waals surface area contributed by atoms with Crippen LogP contribution in [-0.4, -0.2) is 30.3 Å². The maximum atomic E-state index is 14.2. The molecule has 0 aromatic heterocycles. The number of hydrogen-bond acceptors (Lipinski definition) is 1. The summed E-state index contributed by atoms with van der Waals surface area (Å²) in [5.41, 5.74) is -0.738. The first-order valence-electron chi connectivity index (χ1n) is 7.25. The fraction of sp³-hybridized carbons (Fsp3) is 0.733. The van der Waals surface area contributed by atoms with Crippen molar-refractivity contribution in [3.8, 4) is 0 Å². The fourth-order valence-corrected chi connectivity index (χ4v) is 2.21. The number of unbranched alkanes of at least 4 members (excludes halogenated alkanes) is 2. The highest BCUT2D eigenvalue weighted by atomic mass is 19.2. The van der Waals surface area contributed by atoms with E-state index < -0.39 is 24.0 Å². The van der Waals surface area contributed by atoms with E-state index in [9.17, 15) is 17.6 Å². The lowest BCUT2D eigenvalue weighted by Gasteiger charge is -2.31. The summed E-state index contributed by atoms with van der Waals surface area (Å²) in [4.78, 5) is 1.51. The molecule has 20 heavy (non-hydrogen) atoms. The van der Waals surface area contributed by atoms with Crippen molar-refractivity contribution in [1.82, 2.24) is 4.90 Å². The molecule has 116 valence electrons. The lowest BCUT2D eigenvalue weighted by atomic mass is 9.97. The van der Waals surface area contributed by atoms with Crippen LogP contribution in [0.15, 0.2) is 22.9 Å². The average Bonchev–Trinajstić information content (AvgIpc) is 2.45. The van der Waals surface area contributed by atoms with Crippen LogP contribution in [0.4, 0.5) is 17.6 Å². The minimum Gasteiger partial charge on any atom is -0.367 e. The molecule has 0 aromatic carbocycles. The van der Waals surface area contributed by atoms with Crippen LogP contribution >= 0.6 is 0 Å². The highest BCUT2D eigenvalue weighted by molar-refractivity contribution is 5.39. The van der Waals surface area contributed by atoms with Crippen molar-refractivity contribution in [2.24, 2.45) is 0 Å². The number of alkyl halides is 2. The van der Waals surface area contributed by atoms with Crippen LogP contribution in [0.25, 0.3) is 0 Å². The largest absolute Gasteiger partial charge is 0.367 e. The van der Waals surface area contributed by atoms with Crippen molar-refractivity contribution in [2.75, 3.05) is 13.1 Å². The summed E-state index contributed by atoms with van der Waals surface area (Å²) in [6.07, 6.45) is -1.38. The Balaban J connectivity index is 3.08. The van der Waals surface area contributed by atoms with Gasteiger partial charge >= 0.3 is 0 Å². The Morgan fingerprint density at radius 1 is 0.950 bits per heavy atom. The van der Waals surface area contributed by atoms with Crippen molar-refractivity contribution < 1.29 is 17.6 Å². The molecule has 1 aliphatic carbocycles. The van der Waals surface area contributed by atoms with Gasteiger partial charge < -0.3 is 4.90 Å². The van der Waals surface area contributed by atoms with Crippen molar-refractivity contribution in [1.29, 1.82) is 0 Å². The first-order chi connectivity index (χ1) is 9.45. The second-order valence-corrected chi connectivity index (χ2v) is 5.19. The van der Waals surface area contributed by atoms with E-state index in [4.69, 9.17) is 0 Å². The smallest absolute Gasteiger partial charge is 0.188 e. The van der Waals surface area contributed by atoms with Gasteiger partial charge in [0.25, 0.3) is 0 Å². The maximum absolute atomic E-state index is 14.2. The van der Waals surface area contributed by atoms with Crippen LogP contribution in [0.3, 0.4) is 0 Å². The van der Waals surface area contributed by atoms with Gasteiger partial charge in [0.1, 0.15) is 5.70 Å². The van der Waals surface area contributed by atoms with E-state index in [1.54, 1.807) is 0 Å². The molecule has 0 amide bonds. The van der Waals surface area contributed by atoms with Gasteiger partial charge in [0, 0.05) is 18.7 Å². The third-order valence-electron chi connectivity index (χ3n) is 3.57. The molecule has 2 unspecified atom stereocenters. The zero-order valence-electron chi connectivity index (χ0n) is 12.4. The molecule has 0 saturated carbocycles. The SMILES string of the molecule is CCCCN(CCCC)C1=C(F)C(F)C(F)C(C)=C1F. The first-order valence-corrected chi connectivity index (χ1v) is 7.25. The van der Waals surface area contributed by atoms with E-state index in [0.717, 1.165) is 25.7 Å². The molecule has 1 aliphatic rings. The summed E-state index contributed by atoms with van der Waals surface area (Å²) in [5, 5.41) is 0. The van der Waals surface area contributed by atoms with Crippen LogP contribution in [0.1, 0.15) is 46.5 Å². The monoisotopic (exact) mass is 293 g/mol. The van der Waals surface area contributed by atoms with Gasteiger partial charge in [0.2, 0.25) is 0 Å². The predicted molar refractivity (Wildman–Crippen MR) is 73.1 cm³/mol. The summed E-state index contributed by atoms with van der Waals surface area (Å²) >= 11 is 0. The van der Waals surface area contributed by atoms with Gasteiger partial charge in [-0.05, 0) is 19.8 Å². The highest BCUT2D eigenvalue weighted by Crippen LogP contribution is 2.37. The molecule has 0 aliphatic heterocycles. The molecule has 0 fully saturated rings. The average molecular weight is 293 g/mol. The summed E-state index contributed by atoms with van der Waals surface area (Å²) < 4.78 is 55.2. The molecule has 5 heteroatoms. The Morgan fingerprint density at radius 3 is 1.90 bits per heavy atom. The Labute approximate surface area is 118 Å². The van der Waals surface area contributed by atoms with Crippen molar-refractivity contribution in [2.45, 2.75) is 58.8 Å². The second-order valence-electron chi connectivity index (χ2n) is 5.19. The van der Waals surface area contributed by atoms with Gasteiger partial charge in [0.15, 0.2) is 24.0 Å². The number of halogens is 4. The van der Waals surface area contributed by atoms with Gasteiger partial charge in [-0.1, -0.05) is 26.7 Å². The van der Waals surface area contributed by atoms with Gasteiger partial charge in [-0.3, -0.25) is 0 Å². The number of nitrogens with zero attached hydrogens (tertiary/aromatic N) is 1. The summed E-state index contributed by atoms with van der Waals surface area (Å²) in [6, 6.07) is 0. The van der Waals surface area contributed by atoms with Crippen LogP contribution in [0.5, 0.6) is 0 Å². The molecule has 1 rings (SSSR count). The van der Waals surface area contributed by atoms with Crippen molar-refractivity contribution in [3.63, 3.8) is 0 Å². The Bertz CT molecular complexity index is 381. The van der Waals surface area contributed by atoms with Crippen molar-refractivity contribution in [3.05, 3.63) is 22.9 Å². The zero-order valence-corrected chi connectivity index (χ0v) is 12.4. The van der Waals surface area contributed by atoms with E-state index in [0.29, 0.717) is 13.1 Å². The van der Waals surface area contributed by atoms with Crippen LogP contribution in [0, 0.1) is 0 Å². The van der Waals surface area contributed by atoms with Crippen LogP contribution in [-0.2, 0) is 0 Å². The molecule has 0 bridgehead atoms. The molecule has 0 heterocycles. The number of allylic oxidation sites excluding steroid dienone is 3. The molecule has 2 atom stereocenters. The van der Waals surface area contributed by atoms with E-state index in [1.165, 1.54) is 11.8 Å².